The summed E-state index contributed by atoms with van der Waals surface area (Å²) in [6.45, 7) is 4.35. The number of hydrogen-bond acceptors (Lipinski definition) is 2. The lowest BCUT2D eigenvalue weighted by Gasteiger charge is -2.22. The maximum absolute atomic E-state index is 11.9. The van der Waals surface area contributed by atoms with Crippen molar-refractivity contribution in [3.05, 3.63) is 29.3 Å². The molecule has 104 valence electrons. The van der Waals surface area contributed by atoms with Gasteiger partial charge in [0.25, 0.3) is 0 Å². The highest BCUT2D eigenvalue weighted by atomic mass is 16.2. The van der Waals surface area contributed by atoms with Crippen molar-refractivity contribution in [3.63, 3.8) is 0 Å². The van der Waals surface area contributed by atoms with E-state index in [0.717, 1.165) is 24.9 Å². The predicted molar refractivity (Wildman–Crippen MR) is 79.2 cm³/mol. The van der Waals surface area contributed by atoms with Crippen LogP contribution in [0.1, 0.15) is 50.3 Å². The van der Waals surface area contributed by atoms with Crippen LogP contribution in [0.3, 0.4) is 0 Å². The van der Waals surface area contributed by atoms with Gasteiger partial charge in [0.1, 0.15) is 0 Å². The van der Waals surface area contributed by atoms with Crippen LogP contribution in [0, 0.1) is 5.92 Å². The van der Waals surface area contributed by atoms with Gasteiger partial charge in [-0.2, -0.15) is 0 Å². The van der Waals surface area contributed by atoms with Crippen LogP contribution in [0.5, 0.6) is 0 Å². The van der Waals surface area contributed by atoms with E-state index >= 15 is 0 Å². The normalized spacial score (nSPS) is 18.7. The third kappa shape index (κ3) is 2.81. The smallest absolute Gasteiger partial charge is 0.226 e. The summed E-state index contributed by atoms with van der Waals surface area (Å²) in [5.41, 5.74) is 9.79. The second-order valence-electron chi connectivity index (χ2n) is 5.61. The SMILES string of the molecule is CCC(C)C(N)c1ccc2c(c1)CCCC(=O)N2C. The molecular formula is C16H24N2O. The Morgan fingerprint density at radius 2 is 2.11 bits per heavy atom. The van der Waals surface area contributed by atoms with Gasteiger partial charge in [-0.1, -0.05) is 32.4 Å². The van der Waals surface area contributed by atoms with Crippen LogP contribution < -0.4 is 10.6 Å². The van der Waals surface area contributed by atoms with Crippen molar-refractivity contribution in [1.29, 1.82) is 0 Å². The van der Waals surface area contributed by atoms with Crippen LogP contribution in [0.15, 0.2) is 18.2 Å². The Morgan fingerprint density at radius 1 is 1.37 bits per heavy atom. The quantitative estimate of drug-likeness (QED) is 0.908. The first-order valence-corrected chi connectivity index (χ1v) is 7.19. The van der Waals surface area contributed by atoms with Gasteiger partial charge in [-0.05, 0) is 36.0 Å². The van der Waals surface area contributed by atoms with Crippen molar-refractivity contribution < 1.29 is 4.79 Å². The Morgan fingerprint density at radius 3 is 2.79 bits per heavy atom. The summed E-state index contributed by atoms with van der Waals surface area (Å²) in [4.78, 5) is 13.6. The minimum absolute atomic E-state index is 0.0829. The summed E-state index contributed by atoms with van der Waals surface area (Å²) in [5.74, 6) is 0.681. The molecule has 1 aliphatic heterocycles. The Labute approximate surface area is 115 Å². The van der Waals surface area contributed by atoms with Crippen molar-refractivity contribution in [2.45, 2.75) is 45.6 Å². The van der Waals surface area contributed by atoms with Crippen LogP contribution in [0.4, 0.5) is 5.69 Å². The standard InChI is InChI=1S/C16H24N2O/c1-4-11(2)16(17)13-8-9-14-12(10-13)6-5-7-15(19)18(14)3/h8-11,16H,4-7,17H2,1-3H3. The molecule has 2 atom stereocenters. The summed E-state index contributed by atoms with van der Waals surface area (Å²) in [6.07, 6.45) is 3.61. The molecule has 1 amide bonds. The number of fused-ring (bicyclic) bond motifs is 1. The predicted octanol–water partition coefficient (Wildman–Crippen LogP) is 3.03. The van der Waals surface area contributed by atoms with Gasteiger partial charge in [0.2, 0.25) is 5.91 Å². The summed E-state index contributed by atoms with van der Waals surface area (Å²) in [6, 6.07) is 6.40. The molecule has 1 heterocycles. The highest BCUT2D eigenvalue weighted by Crippen LogP contribution is 2.30. The van der Waals surface area contributed by atoms with Crippen LogP contribution >= 0.6 is 0 Å². The van der Waals surface area contributed by atoms with Crippen LogP contribution in [-0.2, 0) is 11.2 Å². The first kappa shape index (κ1) is 14.1. The summed E-state index contributed by atoms with van der Waals surface area (Å²) >= 11 is 0. The summed E-state index contributed by atoms with van der Waals surface area (Å²) in [5, 5.41) is 0. The van der Waals surface area contributed by atoms with Crippen LogP contribution in [0.2, 0.25) is 0 Å². The molecule has 1 aromatic rings. The molecule has 1 aliphatic rings. The molecule has 0 fully saturated rings. The molecular weight excluding hydrogens is 236 g/mol. The fraction of sp³-hybridized carbons (Fsp3) is 0.562. The molecule has 3 heteroatoms. The Kier molecular flexibility index (Phi) is 4.25. The second-order valence-corrected chi connectivity index (χ2v) is 5.61. The zero-order valence-electron chi connectivity index (χ0n) is 12.1. The first-order valence-electron chi connectivity index (χ1n) is 7.19. The second kappa shape index (κ2) is 5.74. The minimum Gasteiger partial charge on any atom is -0.324 e. The van der Waals surface area contributed by atoms with Crippen molar-refractivity contribution in [2.24, 2.45) is 11.7 Å². The highest BCUT2D eigenvalue weighted by Gasteiger charge is 2.20. The fourth-order valence-corrected chi connectivity index (χ4v) is 2.65. The van der Waals surface area contributed by atoms with E-state index in [0.29, 0.717) is 12.3 Å². The molecule has 2 rings (SSSR count). The number of aryl methyl sites for hydroxylation is 1. The largest absolute Gasteiger partial charge is 0.324 e. The molecule has 0 saturated carbocycles. The van der Waals surface area contributed by atoms with Crippen molar-refractivity contribution in [3.8, 4) is 0 Å². The maximum atomic E-state index is 11.9. The monoisotopic (exact) mass is 260 g/mol. The number of benzene rings is 1. The van der Waals surface area contributed by atoms with E-state index in [2.05, 4.69) is 32.0 Å². The topological polar surface area (TPSA) is 46.3 Å². The zero-order valence-corrected chi connectivity index (χ0v) is 12.1. The van der Waals surface area contributed by atoms with Crippen molar-refractivity contribution >= 4 is 11.6 Å². The van der Waals surface area contributed by atoms with Gasteiger partial charge in [-0.25, -0.2) is 0 Å². The van der Waals surface area contributed by atoms with Crippen molar-refractivity contribution in [1.82, 2.24) is 0 Å². The number of nitrogens with zero attached hydrogens (tertiary/aromatic N) is 1. The third-order valence-electron chi connectivity index (χ3n) is 4.32. The van der Waals surface area contributed by atoms with Gasteiger partial charge in [0.15, 0.2) is 0 Å². The number of carbonyl (C=O) groups is 1. The van der Waals surface area contributed by atoms with Crippen LogP contribution in [0.25, 0.3) is 0 Å². The minimum atomic E-state index is 0.0829. The molecule has 0 saturated heterocycles. The molecule has 19 heavy (non-hydrogen) atoms. The third-order valence-corrected chi connectivity index (χ3v) is 4.32. The van der Waals surface area contributed by atoms with Gasteiger partial charge >= 0.3 is 0 Å². The van der Waals surface area contributed by atoms with E-state index in [1.165, 1.54) is 11.1 Å². The first-order chi connectivity index (χ1) is 9.04. The van der Waals surface area contributed by atoms with E-state index in [1.807, 2.05) is 7.05 Å². The lowest BCUT2D eigenvalue weighted by Crippen LogP contribution is -2.25. The summed E-state index contributed by atoms with van der Waals surface area (Å²) in [7, 11) is 1.86. The number of carbonyl (C=O) groups excluding carboxylic acids is 1. The van der Waals surface area contributed by atoms with Gasteiger partial charge in [-0.15, -0.1) is 0 Å². The molecule has 0 bridgehead atoms. The number of amides is 1. The molecule has 1 aromatic carbocycles. The lowest BCUT2D eigenvalue weighted by atomic mass is 9.91. The van der Waals surface area contributed by atoms with Gasteiger partial charge < -0.3 is 10.6 Å². The van der Waals surface area contributed by atoms with Gasteiger partial charge in [0.05, 0.1) is 0 Å². The van der Waals surface area contributed by atoms with Crippen LogP contribution in [-0.4, -0.2) is 13.0 Å². The van der Waals surface area contributed by atoms with Gasteiger partial charge in [0, 0.05) is 25.2 Å². The molecule has 0 aromatic heterocycles. The van der Waals surface area contributed by atoms with Crippen molar-refractivity contribution in [2.75, 3.05) is 11.9 Å². The number of anilines is 1. The van der Waals surface area contributed by atoms with E-state index in [9.17, 15) is 4.79 Å². The zero-order chi connectivity index (χ0) is 14.0. The molecule has 2 N–H and O–H groups in total. The maximum Gasteiger partial charge on any atom is 0.226 e. The summed E-state index contributed by atoms with van der Waals surface area (Å²) < 4.78 is 0. The van der Waals surface area contributed by atoms with E-state index in [4.69, 9.17) is 5.73 Å². The number of nitrogens with two attached hydrogens (primary N) is 1. The van der Waals surface area contributed by atoms with Gasteiger partial charge in [-0.3, -0.25) is 4.79 Å². The van der Waals surface area contributed by atoms with E-state index in [-0.39, 0.29) is 11.9 Å². The Bertz CT molecular complexity index is 470. The lowest BCUT2D eigenvalue weighted by molar-refractivity contribution is -0.118. The molecule has 0 spiro atoms. The average molecular weight is 260 g/mol. The Hall–Kier alpha value is -1.35. The van der Waals surface area contributed by atoms with E-state index in [1.54, 1.807) is 4.90 Å². The number of rotatable bonds is 3. The number of hydrogen-bond donors (Lipinski definition) is 1. The molecule has 2 unspecified atom stereocenters. The average Bonchev–Trinajstić information content (AvgIpc) is 2.57. The molecule has 0 radical (unpaired) electrons. The van der Waals surface area contributed by atoms with E-state index < -0.39 is 0 Å². The fourth-order valence-electron chi connectivity index (χ4n) is 2.65. The highest BCUT2D eigenvalue weighted by molar-refractivity contribution is 5.94. The Balaban J connectivity index is 2.33. The molecule has 0 aliphatic carbocycles. The molecule has 3 nitrogen and oxygen atoms in total.